The van der Waals surface area contributed by atoms with Crippen LogP contribution in [-0.2, 0) is 15.0 Å². The monoisotopic (exact) mass is 356 g/mol. The molecular weight excluding hydrogens is 331 g/mol. The Morgan fingerprint density at radius 1 is 1.04 bits per heavy atom. The number of nitrogens with zero attached hydrogens (tertiary/aromatic N) is 1. The first kappa shape index (κ1) is 19.6. The van der Waals surface area contributed by atoms with Crippen molar-refractivity contribution in [2.45, 2.75) is 39.5 Å². The molecule has 1 N–H and O–H groups in total. The molecule has 0 fully saturated rings. The smallest absolute Gasteiger partial charge is 0.226 e. The Morgan fingerprint density at radius 3 is 2.27 bits per heavy atom. The fourth-order valence-electron chi connectivity index (χ4n) is 2.78. The van der Waals surface area contributed by atoms with E-state index in [1.165, 1.54) is 19.1 Å². The molecular formula is C21H25FN2O2. The predicted octanol–water partition coefficient (Wildman–Crippen LogP) is 4.50. The van der Waals surface area contributed by atoms with Crippen LogP contribution in [0, 0.1) is 5.82 Å². The number of carbonyl (C=O) groups excluding carboxylic acids is 2. The number of amides is 2. The average Bonchev–Trinajstić information content (AvgIpc) is 2.56. The molecule has 5 heteroatoms. The minimum Gasteiger partial charge on any atom is -0.324 e. The maximum atomic E-state index is 13.6. The van der Waals surface area contributed by atoms with Crippen molar-refractivity contribution in [3.05, 3.63) is 59.9 Å². The summed E-state index contributed by atoms with van der Waals surface area (Å²) in [5, 5.41) is 2.55. The lowest BCUT2D eigenvalue weighted by Gasteiger charge is -2.29. The van der Waals surface area contributed by atoms with E-state index in [2.05, 4.69) is 26.1 Å². The highest BCUT2D eigenvalue weighted by Crippen LogP contribution is 2.32. The number of benzene rings is 2. The van der Waals surface area contributed by atoms with Gasteiger partial charge in [0, 0.05) is 25.6 Å². The molecule has 0 atom stereocenters. The molecule has 0 unspecified atom stereocenters. The van der Waals surface area contributed by atoms with Crippen molar-refractivity contribution in [1.29, 1.82) is 0 Å². The molecule has 4 nitrogen and oxygen atoms in total. The first-order chi connectivity index (χ1) is 12.2. The van der Waals surface area contributed by atoms with E-state index < -0.39 is 5.82 Å². The van der Waals surface area contributed by atoms with E-state index in [4.69, 9.17) is 0 Å². The lowest BCUT2D eigenvalue weighted by Crippen LogP contribution is -2.34. The molecule has 0 aliphatic heterocycles. The molecule has 26 heavy (non-hydrogen) atoms. The summed E-state index contributed by atoms with van der Waals surface area (Å²) < 4.78 is 13.6. The van der Waals surface area contributed by atoms with Crippen LogP contribution in [0.25, 0.3) is 0 Å². The number of carbonyl (C=O) groups is 2. The number of hydrogen-bond donors (Lipinski definition) is 1. The molecule has 0 aliphatic rings. The maximum Gasteiger partial charge on any atom is 0.226 e. The average molecular weight is 356 g/mol. The Morgan fingerprint density at radius 2 is 1.65 bits per heavy atom. The first-order valence-corrected chi connectivity index (χ1v) is 8.62. The first-order valence-electron chi connectivity index (χ1n) is 8.62. The third-order valence-electron chi connectivity index (χ3n) is 4.09. The van der Waals surface area contributed by atoms with Gasteiger partial charge in [0.1, 0.15) is 5.82 Å². The molecule has 138 valence electrons. The Hall–Kier alpha value is -2.69. The molecule has 0 saturated heterocycles. The van der Waals surface area contributed by atoms with Gasteiger partial charge < -0.3 is 10.2 Å². The van der Waals surface area contributed by atoms with Crippen LogP contribution in [0.15, 0.2) is 48.5 Å². The van der Waals surface area contributed by atoms with E-state index in [9.17, 15) is 14.0 Å². The van der Waals surface area contributed by atoms with Gasteiger partial charge in [0.2, 0.25) is 11.8 Å². The van der Waals surface area contributed by atoms with Gasteiger partial charge in [-0.25, -0.2) is 4.39 Å². The highest BCUT2D eigenvalue weighted by molar-refractivity contribution is 5.95. The quantitative estimate of drug-likeness (QED) is 0.857. The van der Waals surface area contributed by atoms with Crippen molar-refractivity contribution in [2.24, 2.45) is 0 Å². The fraction of sp³-hybridized carbons (Fsp3) is 0.333. The van der Waals surface area contributed by atoms with Crippen molar-refractivity contribution in [3.63, 3.8) is 0 Å². The van der Waals surface area contributed by atoms with Crippen LogP contribution >= 0.6 is 0 Å². The van der Waals surface area contributed by atoms with Crippen LogP contribution in [0.4, 0.5) is 15.8 Å². The Kier molecular flexibility index (Phi) is 6.14. The largest absolute Gasteiger partial charge is 0.324 e. The lowest BCUT2D eigenvalue weighted by molar-refractivity contribution is -0.117. The molecule has 0 aliphatic carbocycles. The zero-order valence-electron chi connectivity index (χ0n) is 15.7. The normalized spacial score (nSPS) is 11.1. The second-order valence-electron chi connectivity index (χ2n) is 7.22. The molecule has 0 bridgehead atoms. The second-order valence-corrected chi connectivity index (χ2v) is 7.22. The molecule has 0 aromatic heterocycles. The highest BCUT2D eigenvalue weighted by Gasteiger charge is 2.23. The van der Waals surface area contributed by atoms with Crippen molar-refractivity contribution < 1.29 is 14.0 Å². The molecule has 2 aromatic rings. The van der Waals surface area contributed by atoms with Crippen LogP contribution in [0.3, 0.4) is 0 Å². The third kappa shape index (κ3) is 4.91. The molecule has 2 rings (SSSR count). The van der Waals surface area contributed by atoms with E-state index in [0.29, 0.717) is 0 Å². The van der Waals surface area contributed by atoms with Crippen LogP contribution in [0.5, 0.6) is 0 Å². The fourth-order valence-corrected chi connectivity index (χ4v) is 2.78. The van der Waals surface area contributed by atoms with E-state index >= 15 is 0 Å². The molecule has 2 aromatic carbocycles. The zero-order valence-corrected chi connectivity index (χ0v) is 15.7. The van der Waals surface area contributed by atoms with Gasteiger partial charge in [-0.3, -0.25) is 9.59 Å². The van der Waals surface area contributed by atoms with Crippen molar-refractivity contribution in [2.75, 3.05) is 16.8 Å². The number of hydrogen-bond acceptors (Lipinski definition) is 2. The zero-order chi connectivity index (χ0) is 19.3. The van der Waals surface area contributed by atoms with Gasteiger partial charge in [-0.15, -0.1) is 0 Å². The standard InChI is InChI=1S/C21H25FN2O2/c1-15(25)24(19-12-8-5-9-16(19)21(2,3)4)14-13-20(26)23-18-11-7-6-10-17(18)22/h5-12H,13-14H2,1-4H3,(H,23,26). The second kappa shape index (κ2) is 8.13. The Labute approximate surface area is 154 Å². The number of halogens is 1. The van der Waals surface area contributed by atoms with E-state index in [0.717, 1.165) is 11.3 Å². The number of anilines is 2. The summed E-state index contributed by atoms with van der Waals surface area (Å²) in [6.45, 7) is 7.94. The van der Waals surface area contributed by atoms with Crippen molar-refractivity contribution in [1.82, 2.24) is 0 Å². The van der Waals surface area contributed by atoms with Crippen LogP contribution in [-0.4, -0.2) is 18.4 Å². The molecule has 0 heterocycles. The number of rotatable bonds is 5. The molecule has 0 saturated carbocycles. The summed E-state index contributed by atoms with van der Waals surface area (Å²) in [5.41, 5.74) is 1.83. The lowest BCUT2D eigenvalue weighted by atomic mass is 9.85. The van der Waals surface area contributed by atoms with Gasteiger partial charge in [0.25, 0.3) is 0 Å². The molecule has 0 spiro atoms. The van der Waals surface area contributed by atoms with Gasteiger partial charge >= 0.3 is 0 Å². The van der Waals surface area contributed by atoms with Gasteiger partial charge in [-0.05, 0) is 29.2 Å². The summed E-state index contributed by atoms with van der Waals surface area (Å²) in [4.78, 5) is 26.0. The summed E-state index contributed by atoms with van der Waals surface area (Å²) in [7, 11) is 0. The maximum absolute atomic E-state index is 13.6. The molecule has 0 radical (unpaired) electrons. The number of para-hydroxylation sites is 2. The van der Waals surface area contributed by atoms with Gasteiger partial charge in [0.05, 0.1) is 5.69 Å². The summed E-state index contributed by atoms with van der Waals surface area (Å²) in [6, 6.07) is 13.7. The summed E-state index contributed by atoms with van der Waals surface area (Å²) >= 11 is 0. The van der Waals surface area contributed by atoms with Crippen molar-refractivity contribution >= 4 is 23.2 Å². The van der Waals surface area contributed by atoms with Gasteiger partial charge in [-0.2, -0.15) is 0 Å². The summed E-state index contributed by atoms with van der Waals surface area (Å²) in [5.74, 6) is -0.961. The van der Waals surface area contributed by atoms with E-state index in [-0.39, 0.29) is 35.9 Å². The Balaban J connectivity index is 2.14. The third-order valence-corrected chi connectivity index (χ3v) is 4.09. The highest BCUT2D eigenvalue weighted by atomic mass is 19.1. The van der Waals surface area contributed by atoms with E-state index in [1.807, 2.05) is 24.3 Å². The predicted molar refractivity (Wildman–Crippen MR) is 103 cm³/mol. The van der Waals surface area contributed by atoms with Crippen LogP contribution in [0.1, 0.15) is 39.7 Å². The molecule has 2 amide bonds. The summed E-state index contributed by atoms with van der Waals surface area (Å²) in [6.07, 6.45) is 0.0758. The number of nitrogens with one attached hydrogen (secondary N) is 1. The Bertz CT molecular complexity index is 797. The topological polar surface area (TPSA) is 49.4 Å². The minimum absolute atomic E-state index is 0.0758. The minimum atomic E-state index is -0.484. The van der Waals surface area contributed by atoms with Crippen molar-refractivity contribution in [3.8, 4) is 0 Å². The van der Waals surface area contributed by atoms with Gasteiger partial charge in [-0.1, -0.05) is 51.1 Å². The van der Waals surface area contributed by atoms with Crippen LogP contribution < -0.4 is 10.2 Å². The van der Waals surface area contributed by atoms with Crippen LogP contribution in [0.2, 0.25) is 0 Å². The van der Waals surface area contributed by atoms with E-state index in [1.54, 1.807) is 17.0 Å². The van der Waals surface area contributed by atoms with Gasteiger partial charge in [0.15, 0.2) is 0 Å². The SMILES string of the molecule is CC(=O)N(CCC(=O)Nc1ccccc1F)c1ccccc1C(C)(C)C.